The fourth-order valence-corrected chi connectivity index (χ4v) is 1.48. The van der Waals surface area contributed by atoms with Crippen molar-refractivity contribution in [2.24, 2.45) is 17.1 Å². The molecule has 0 bridgehead atoms. The van der Waals surface area contributed by atoms with E-state index in [0.717, 1.165) is 0 Å². The smallest absolute Gasteiger partial charge is 0.328 e. The van der Waals surface area contributed by atoms with Crippen molar-refractivity contribution in [3.05, 3.63) is 0 Å². The van der Waals surface area contributed by atoms with E-state index < -0.39 is 18.1 Å². The fraction of sp³-hybridized carbons (Fsp3) is 0.846. The maximum atomic E-state index is 12.0. The molecule has 0 fully saturated rings. The minimum Gasteiger partial charge on any atom is -0.467 e. The number of amides is 1. The van der Waals surface area contributed by atoms with E-state index in [-0.39, 0.29) is 17.2 Å². The SMILES string of the molecule is COC(=O)[C@H](CC(C)C)NC(=O)[C@@H](N)C(C)(C)C. The van der Waals surface area contributed by atoms with Crippen molar-refractivity contribution in [1.29, 1.82) is 0 Å². The number of nitrogens with one attached hydrogen (secondary N) is 1. The molecule has 0 saturated carbocycles. The van der Waals surface area contributed by atoms with Crippen molar-refractivity contribution in [3.8, 4) is 0 Å². The van der Waals surface area contributed by atoms with Crippen molar-refractivity contribution in [1.82, 2.24) is 5.32 Å². The first-order chi connectivity index (χ1) is 8.09. The predicted molar refractivity (Wildman–Crippen MR) is 70.8 cm³/mol. The molecule has 106 valence electrons. The lowest BCUT2D eigenvalue weighted by molar-refractivity contribution is -0.146. The average molecular weight is 258 g/mol. The molecule has 5 nitrogen and oxygen atoms in total. The Kier molecular flexibility index (Phi) is 6.32. The average Bonchev–Trinajstić information content (AvgIpc) is 2.23. The van der Waals surface area contributed by atoms with E-state index in [1.165, 1.54) is 7.11 Å². The van der Waals surface area contributed by atoms with Crippen molar-refractivity contribution >= 4 is 11.9 Å². The normalized spacial score (nSPS) is 15.1. The molecular weight excluding hydrogens is 232 g/mol. The largest absolute Gasteiger partial charge is 0.467 e. The van der Waals surface area contributed by atoms with Crippen LogP contribution in [0.3, 0.4) is 0 Å². The fourth-order valence-electron chi connectivity index (χ4n) is 1.48. The zero-order valence-electron chi connectivity index (χ0n) is 12.2. The molecule has 2 atom stereocenters. The summed E-state index contributed by atoms with van der Waals surface area (Å²) in [5.41, 5.74) is 5.51. The highest BCUT2D eigenvalue weighted by molar-refractivity contribution is 5.87. The summed E-state index contributed by atoms with van der Waals surface area (Å²) in [5, 5.41) is 2.67. The summed E-state index contributed by atoms with van der Waals surface area (Å²) < 4.78 is 4.69. The van der Waals surface area contributed by atoms with Crippen LogP contribution in [0.15, 0.2) is 0 Å². The minimum atomic E-state index is -0.656. The predicted octanol–water partition coefficient (Wildman–Crippen LogP) is 1.06. The van der Waals surface area contributed by atoms with Crippen molar-refractivity contribution in [2.75, 3.05) is 7.11 Å². The number of hydrogen-bond acceptors (Lipinski definition) is 4. The third-order valence-electron chi connectivity index (χ3n) is 2.72. The first-order valence-electron chi connectivity index (χ1n) is 6.23. The van der Waals surface area contributed by atoms with E-state index in [4.69, 9.17) is 5.73 Å². The Morgan fingerprint density at radius 2 is 1.78 bits per heavy atom. The van der Waals surface area contributed by atoms with Crippen LogP contribution < -0.4 is 11.1 Å². The quantitative estimate of drug-likeness (QED) is 0.723. The highest BCUT2D eigenvalue weighted by atomic mass is 16.5. The Labute approximate surface area is 109 Å². The summed E-state index contributed by atoms with van der Waals surface area (Å²) in [6, 6.07) is -1.28. The van der Waals surface area contributed by atoms with Gasteiger partial charge >= 0.3 is 5.97 Å². The van der Waals surface area contributed by atoms with Crippen LogP contribution in [0.25, 0.3) is 0 Å². The number of esters is 1. The lowest BCUT2D eigenvalue weighted by atomic mass is 9.86. The second kappa shape index (κ2) is 6.73. The summed E-state index contributed by atoms with van der Waals surface area (Å²) in [5.74, 6) is -0.475. The zero-order chi connectivity index (χ0) is 14.5. The molecule has 0 aliphatic rings. The molecule has 0 aliphatic heterocycles. The Balaban J connectivity index is 4.68. The van der Waals surface area contributed by atoms with Crippen LogP contribution in [0.2, 0.25) is 0 Å². The van der Waals surface area contributed by atoms with E-state index in [1.807, 2.05) is 34.6 Å². The monoisotopic (exact) mass is 258 g/mol. The molecule has 0 saturated heterocycles. The van der Waals surface area contributed by atoms with Gasteiger partial charge in [-0.15, -0.1) is 0 Å². The van der Waals surface area contributed by atoms with E-state index in [1.54, 1.807) is 0 Å². The molecule has 0 rings (SSSR count). The molecule has 0 aromatic carbocycles. The summed E-state index contributed by atoms with van der Waals surface area (Å²) in [7, 11) is 1.31. The van der Waals surface area contributed by atoms with Crippen molar-refractivity contribution in [3.63, 3.8) is 0 Å². The molecule has 5 heteroatoms. The van der Waals surface area contributed by atoms with Gasteiger partial charge in [0, 0.05) is 0 Å². The Hall–Kier alpha value is -1.10. The van der Waals surface area contributed by atoms with Crippen molar-refractivity contribution in [2.45, 2.75) is 53.1 Å². The molecule has 18 heavy (non-hydrogen) atoms. The third kappa shape index (κ3) is 5.49. The molecule has 0 aromatic rings. The van der Waals surface area contributed by atoms with Gasteiger partial charge in [0.1, 0.15) is 6.04 Å². The van der Waals surface area contributed by atoms with Gasteiger partial charge in [-0.25, -0.2) is 4.79 Å². The molecule has 3 N–H and O–H groups in total. The van der Waals surface area contributed by atoms with Gasteiger partial charge in [-0.3, -0.25) is 4.79 Å². The Morgan fingerprint density at radius 3 is 2.11 bits per heavy atom. The van der Waals surface area contributed by atoms with Crippen LogP contribution in [0.5, 0.6) is 0 Å². The van der Waals surface area contributed by atoms with Gasteiger partial charge in [-0.1, -0.05) is 34.6 Å². The van der Waals surface area contributed by atoms with E-state index in [0.29, 0.717) is 6.42 Å². The molecular formula is C13H26N2O3. The Morgan fingerprint density at radius 1 is 1.28 bits per heavy atom. The molecule has 0 unspecified atom stereocenters. The van der Waals surface area contributed by atoms with E-state index >= 15 is 0 Å². The number of rotatable bonds is 5. The van der Waals surface area contributed by atoms with Crippen LogP contribution >= 0.6 is 0 Å². The number of ether oxygens (including phenoxy) is 1. The molecule has 0 spiro atoms. The van der Waals surface area contributed by atoms with Gasteiger partial charge in [0.25, 0.3) is 0 Å². The Bertz CT molecular complexity index is 295. The van der Waals surface area contributed by atoms with Crippen LogP contribution in [-0.4, -0.2) is 31.1 Å². The highest BCUT2D eigenvalue weighted by Crippen LogP contribution is 2.17. The molecule has 0 heterocycles. The van der Waals surface area contributed by atoms with Crippen molar-refractivity contribution < 1.29 is 14.3 Å². The lowest BCUT2D eigenvalue weighted by Gasteiger charge is -2.28. The minimum absolute atomic E-state index is 0.278. The number of methoxy groups -OCH3 is 1. The van der Waals surface area contributed by atoms with Crippen LogP contribution in [0.1, 0.15) is 41.0 Å². The number of hydrogen-bond donors (Lipinski definition) is 2. The van der Waals surface area contributed by atoms with Crippen LogP contribution in [-0.2, 0) is 14.3 Å². The number of carbonyl (C=O) groups excluding carboxylic acids is 2. The maximum absolute atomic E-state index is 12.0. The summed E-state index contributed by atoms with van der Waals surface area (Å²) >= 11 is 0. The zero-order valence-corrected chi connectivity index (χ0v) is 12.2. The topological polar surface area (TPSA) is 81.4 Å². The second-order valence-electron chi connectivity index (χ2n) is 6.06. The molecule has 0 radical (unpaired) electrons. The van der Waals surface area contributed by atoms with E-state index in [2.05, 4.69) is 10.1 Å². The first-order valence-corrected chi connectivity index (χ1v) is 6.23. The van der Waals surface area contributed by atoms with Crippen LogP contribution in [0.4, 0.5) is 0 Å². The summed E-state index contributed by atoms with van der Waals surface area (Å²) in [6.45, 7) is 9.60. The van der Waals surface area contributed by atoms with Gasteiger partial charge in [-0.2, -0.15) is 0 Å². The van der Waals surface area contributed by atoms with Gasteiger partial charge in [-0.05, 0) is 17.8 Å². The third-order valence-corrected chi connectivity index (χ3v) is 2.72. The van der Waals surface area contributed by atoms with Gasteiger partial charge in [0.15, 0.2) is 0 Å². The highest BCUT2D eigenvalue weighted by Gasteiger charge is 2.31. The van der Waals surface area contributed by atoms with Gasteiger partial charge in [0.05, 0.1) is 13.2 Å². The molecule has 0 aliphatic carbocycles. The number of carbonyl (C=O) groups is 2. The maximum Gasteiger partial charge on any atom is 0.328 e. The van der Waals surface area contributed by atoms with Crippen LogP contribution in [0, 0.1) is 11.3 Å². The summed E-state index contributed by atoms with van der Waals surface area (Å²) in [4.78, 5) is 23.5. The second-order valence-corrected chi connectivity index (χ2v) is 6.06. The molecule has 1 amide bonds. The standard InChI is InChI=1S/C13H26N2O3/c1-8(2)7-9(12(17)18-6)15-11(16)10(14)13(3,4)5/h8-10H,7,14H2,1-6H3,(H,15,16)/t9-,10+/m0/s1. The van der Waals surface area contributed by atoms with Gasteiger partial charge < -0.3 is 15.8 Å². The van der Waals surface area contributed by atoms with Gasteiger partial charge in [0.2, 0.25) is 5.91 Å². The lowest BCUT2D eigenvalue weighted by Crippen LogP contribution is -2.53. The summed E-state index contributed by atoms with van der Waals surface area (Å²) in [6.07, 6.45) is 0.537. The number of nitrogens with two attached hydrogens (primary N) is 1. The first kappa shape index (κ1) is 16.9. The molecule has 0 aromatic heterocycles. The van der Waals surface area contributed by atoms with E-state index in [9.17, 15) is 9.59 Å².